The fourth-order valence-corrected chi connectivity index (χ4v) is 3.66. The molecule has 1 atom stereocenters. The summed E-state index contributed by atoms with van der Waals surface area (Å²) in [6, 6.07) is 0.504. The van der Waals surface area contributed by atoms with E-state index in [1.807, 2.05) is 0 Å². The maximum atomic E-state index is 11.1. The number of anilines is 1. The van der Waals surface area contributed by atoms with E-state index in [1.165, 1.54) is 30.7 Å². The molecule has 0 spiro atoms. The quantitative estimate of drug-likeness (QED) is 0.795. The van der Waals surface area contributed by atoms with Gasteiger partial charge >= 0.3 is 0 Å². The number of nitrogens with zero attached hydrogens (tertiary/aromatic N) is 3. The maximum Gasteiger partial charge on any atom is 0.186 e. The number of aromatic nitrogens is 1. The van der Waals surface area contributed by atoms with E-state index < -0.39 is 0 Å². The number of likely N-dealkylation sites (N-methyl/N-ethyl adjacent to an activating group) is 2. The second kappa shape index (κ2) is 6.01. The number of piperidine rings is 1. The van der Waals surface area contributed by atoms with Crippen LogP contribution in [-0.2, 0) is 0 Å². The van der Waals surface area contributed by atoms with Crippen molar-refractivity contribution in [3.05, 3.63) is 10.6 Å². The summed E-state index contributed by atoms with van der Waals surface area (Å²) in [5, 5.41) is 0.978. The average Bonchev–Trinajstić information content (AvgIpc) is 2.82. The Balaban J connectivity index is 2.18. The van der Waals surface area contributed by atoms with Gasteiger partial charge in [0.05, 0.1) is 10.6 Å². The summed E-state index contributed by atoms with van der Waals surface area (Å²) < 4.78 is 0. The van der Waals surface area contributed by atoms with E-state index >= 15 is 0 Å². The van der Waals surface area contributed by atoms with Gasteiger partial charge in [0, 0.05) is 19.6 Å². The van der Waals surface area contributed by atoms with E-state index in [0.29, 0.717) is 12.0 Å². The summed E-state index contributed by atoms with van der Waals surface area (Å²) in [5.74, 6) is 0.299. The molecule has 1 fully saturated rings. The van der Waals surface area contributed by atoms with Crippen LogP contribution < -0.4 is 4.90 Å². The number of carbonyl (C=O) groups excluding carboxylic acids is 1. The van der Waals surface area contributed by atoms with Crippen molar-refractivity contribution in [2.45, 2.75) is 38.6 Å². The van der Waals surface area contributed by atoms with Gasteiger partial charge in [-0.2, -0.15) is 0 Å². The lowest BCUT2D eigenvalue weighted by Crippen LogP contribution is -2.45. The Morgan fingerprint density at radius 1 is 1.53 bits per heavy atom. The van der Waals surface area contributed by atoms with Gasteiger partial charge in [-0.1, -0.05) is 25.2 Å². The third-order valence-electron chi connectivity index (χ3n) is 3.77. The van der Waals surface area contributed by atoms with Crippen molar-refractivity contribution in [1.29, 1.82) is 0 Å². The van der Waals surface area contributed by atoms with Gasteiger partial charge in [-0.15, -0.1) is 0 Å². The molecule has 4 nitrogen and oxygen atoms in total. The molecule has 1 aromatic heterocycles. The van der Waals surface area contributed by atoms with Crippen LogP contribution in [0.1, 0.15) is 48.0 Å². The van der Waals surface area contributed by atoms with Gasteiger partial charge in [-0.05, 0) is 32.4 Å². The Hall–Kier alpha value is -0.940. The number of aldehydes is 1. The Morgan fingerprint density at radius 2 is 2.26 bits per heavy atom. The summed E-state index contributed by atoms with van der Waals surface area (Å²) >= 11 is 1.52. The second-order valence-corrected chi connectivity index (χ2v) is 6.70. The lowest BCUT2D eigenvalue weighted by Gasteiger charge is -2.35. The monoisotopic (exact) mass is 281 g/mol. The van der Waals surface area contributed by atoms with Gasteiger partial charge in [0.25, 0.3) is 0 Å². The molecule has 19 heavy (non-hydrogen) atoms. The van der Waals surface area contributed by atoms with Crippen LogP contribution in [0.4, 0.5) is 5.13 Å². The predicted molar refractivity (Wildman–Crippen MR) is 80.5 cm³/mol. The first-order valence-corrected chi connectivity index (χ1v) is 7.71. The molecule has 1 saturated heterocycles. The lowest BCUT2D eigenvalue weighted by atomic mass is 10.1. The summed E-state index contributed by atoms with van der Waals surface area (Å²) in [6.45, 7) is 6.42. The van der Waals surface area contributed by atoms with E-state index in [1.54, 1.807) is 0 Å². The first kappa shape index (κ1) is 14.5. The van der Waals surface area contributed by atoms with Crippen molar-refractivity contribution in [3.63, 3.8) is 0 Å². The molecule has 0 amide bonds. The standard InChI is InChI=1S/C14H23N3OS/c1-10(2)13-12(9-18)19-14(15-13)17(4)11-6-5-7-16(3)8-11/h9-11H,5-8H2,1-4H3. The molecule has 1 aliphatic heterocycles. The van der Waals surface area contributed by atoms with Gasteiger partial charge in [0.1, 0.15) is 0 Å². The fourth-order valence-electron chi connectivity index (χ4n) is 2.59. The highest BCUT2D eigenvalue weighted by Gasteiger charge is 2.24. The van der Waals surface area contributed by atoms with Crippen molar-refractivity contribution in [3.8, 4) is 0 Å². The van der Waals surface area contributed by atoms with Crippen molar-refractivity contribution < 1.29 is 4.79 Å². The largest absolute Gasteiger partial charge is 0.347 e. The highest BCUT2D eigenvalue weighted by molar-refractivity contribution is 7.17. The van der Waals surface area contributed by atoms with Gasteiger partial charge < -0.3 is 9.80 Å². The van der Waals surface area contributed by atoms with Crippen LogP contribution in [0, 0.1) is 0 Å². The summed E-state index contributed by atoms with van der Waals surface area (Å²) in [4.78, 5) is 21.2. The third kappa shape index (κ3) is 3.15. The highest BCUT2D eigenvalue weighted by Crippen LogP contribution is 2.31. The molecular formula is C14H23N3OS. The molecule has 1 unspecified atom stereocenters. The zero-order valence-electron chi connectivity index (χ0n) is 12.2. The number of likely N-dealkylation sites (tertiary alicyclic amines) is 1. The van der Waals surface area contributed by atoms with Crippen LogP contribution in [0.2, 0.25) is 0 Å². The van der Waals surface area contributed by atoms with E-state index in [9.17, 15) is 4.79 Å². The number of thiazole rings is 1. The van der Waals surface area contributed by atoms with Crippen LogP contribution in [-0.4, -0.2) is 49.4 Å². The Bertz CT molecular complexity index is 444. The van der Waals surface area contributed by atoms with Gasteiger partial charge in [-0.25, -0.2) is 4.98 Å². The van der Waals surface area contributed by atoms with Crippen LogP contribution in [0.25, 0.3) is 0 Å². The van der Waals surface area contributed by atoms with Crippen molar-refractivity contribution in [2.24, 2.45) is 0 Å². The second-order valence-electron chi connectivity index (χ2n) is 5.69. The number of hydrogen-bond donors (Lipinski definition) is 0. The van der Waals surface area contributed by atoms with Crippen molar-refractivity contribution in [1.82, 2.24) is 9.88 Å². The number of rotatable bonds is 4. The van der Waals surface area contributed by atoms with Gasteiger partial charge in [-0.3, -0.25) is 4.79 Å². The molecule has 1 aliphatic rings. The summed E-state index contributed by atoms with van der Waals surface area (Å²) in [6.07, 6.45) is 3.37. The molecule has 0 bridgehead atoms. The topological polar surface area (TPSA) is 36.4 Å². The first-order valence-electron chi connectivity index (χ1n) is 6.90. The normalized spacial score (nSPS) is 20.8. The number of carbonyl (C=O) groups is 1. The minimum absolute atomic E-state index is 0.299. The Morgan fingerprint density at radius 3 is 2.79 bits per heavy atom. The van der Waals surface area contributed by atoms with Crippen molar-refractivity contribution >= 4 is 22.8 Å². The number of hydrogen-bond acceptors (Lipinski definition) is 5. The third-order valence-corrected chi connectivity index (χ3v) is 4.86. The molecule has 5 heteroatoms. The molecule has 0 aromatic carbocycles. The van der Waals surface area contributed by atoms with E-state index in [-0.39, 0.29) is 0 Å². The molecule has 2 rings (SSSR count). The zero-order valence-corrected chi connectivity index (χ0v) is 13.0. The van der Waals surface area contributed by atoms with E-state index in [0.717, 1.165) is 28.5 Å². The minimum atomic E-state index is 0.299. The highest BCUT2D eigenvalue weighted by atomic mass is 32.1. The molecule has 0 saturated carbocycles. The predicted octanol–water partition coefficient (Wildman–Crippen LogP) is 2.61. The van der Waals surface area contributed by atoms with Crippen LogP contribution in [0.5, 0.6) is 0 Å². The smallest absolute Gasteiger partial charge is 0.186 e. The summed E-state index contributed by atoms with van der Waals surface area (Å²) in [5.41, 5.74) is 0.936. The first-order chi connectivity index (χ1) is 9.02. The molecule has 2 heterocycles. The average molecular weight is 281 g/mol. The molecule has 0 radical (unpaired) electrons. The molecule has 106 valence electrons. The maximum absolute atomic E-state index is 11.1. The van der Waals surface area contributed by atoms with Gasteiger partial charge in [0.2, 0.25) is 0 Å². The summed E-state index contributed by atoms with van der Waals surface area (Å²) in [7, 11) is 4.26. The Kier molecular flexibility index (Phi) is 4.58. The Labute approximate surface area is 119 Å². The lowest BCUT2D eigenvalue weighted by molar-refractivity contribution is 0.112. The van der Waals surface area contributed by atoms with E-state index in [2.05, 4.69) is 42.7 Å². The van der Waals surface area contributed by atoms with Crippen molar-refractivity contribution in [2.75, 3.05) is 32.1 Å². The molecular weight excluding hydrogens is 258 g/mol. The molecule has 0 N–H and O–H groups in total. The SMILES string of the molecule is CC(C)c1nc(N(C)C2CCCN(C)C2)sc1C=O. The minimum Gasteiger partial charge on any atom is -0.347 e. The van der Waals surface area contributed by atoms with Crippen LogP contribution >= 0.6 is 11.3 Å². The van der Waals surface area contributed by atoms with E-state index in [4.69, 9.17) is 0 Å². The fraction of sp³-hybridized carbons (Fsp3) is 0.714. The molecule has 0 aliphatic carbocycles. The van der Waals surface area contributed by atoms with Gasteiger partial charge in [0.15, 0.2) is 11.4 Å². The van der Waals surface area contributed by atoms with Crippen LogP contribution in [0.3, 0.4) is 0 Å². The zero-order chi connectivity index (χ0) is 14.0. The van der Waals surface area contributed by atoms with Crippen LogP contribution in [0.15, 0.2) is 0 Å². The molecule has 1 aromatic rings.